The fraction of sp³-hybridized carbons (Fsp3) is 0.909. The van der Waals surface area contributed by atoms with E-state index in [4.69, 9.17) is 9.47 Å². The average Bonchev–Trinajstić information content (AvgIpc) is 2.81. The Morgan fingerprint density at radius 3 is 3.06 bits per heavy atom. The predicted octanol–water partition coefficient (Wildman–Crippen LogP) is 0.644. The number of amides is 1. The van der Waals surface area contributed by atoms with E-state index < -0.39 is 0 Å². The molecule has 2 rings (SSSR count). The van der Waals surface area contributed by atoms with Crippen LogP contribution in [-0.4, -0.2) is 44.5 Å². The Hall–Kier alpha value is -0.810. The number of piperidine rings is 1. The maximum absolute atomic E-state index is 11.4. The minimum atomic E-state index is -0.317. The molecule has 0 saturated carbocycles. The van der Waals surface area contributed by atoms with E-state index in [1.165, 1.54) is 12.8 Å². The molecule has 0 unspecified atom stereocenters. The van der Waals surface area contributed by atoms with Crippen molar-refractivity contribution in [2.45, 2.75) is 37.8 Å². The van der Waals surface area contributed by atoms with E-state index in [0.717, 1.165) is 26.0 Å². The molecule has 16 heavy (non-hydrogen) atoms. The second-order valence-electron chi connectivity index (χ2n) is 4.45. The van der Waals surface area contributed by atoms with Gasteiger partial charge in [-0.15, -0.1) is 0 Å². The van der Waals surface area contributed by atoms with Gasteiger partial charge in [0.2, 0.25) is 0 Å². The Balaban J connectivity index is 1.59. The van der Waals surface area contributed by atoms with Gasteiger partial charge < -0.3 is 20.1 Å². The lowest BCUT2D eigenvalue weighted by Gasteiger charge is -2.23. The molecule has 2 N–H and O–H groups in total. The molecule has 5 nitrogen and oxygen atoms in total. The summed E-state index contributed by atoms with van der Waals surface area (Å²) in [5.41, 5.74) is 0. The van der Waals surface area contributed by atoms with Gasteiger partial charge in [-0.25, -0.2) is 4.79 Å². The molecule has 0 spiro atoms. The molecule has 5 heteroatoms. The van der Waals surface area contributed by atoms with Crippen LogP contribution in [0.4, 0.5) is 4.79 Å². The van der Waals surface area contributed by atoms with Crippen LogP contribution in [0.2, 0.25) is 0 Å². The standard InChI is InChI=1S/C11H20N2O3/c14-11(13-10-4-6-15-7-10)16-8-9-3-1-2-5-12-9/h9-10,12H,1-8H2,(H,13,14)/t9-,10-/m0/s1. The van der Waals surface area contributed by atoms with Crippen LogP contribution in [0.5, 0.6) is 0 Å². The van der Waals surface area contributed by atoms with Crippen molar-refractivity contribution >= 4 is 6.09 Å². The first-order chi connectivity index (χ1) is 7.84. The lowest BCUT2D eigenvalue weighted by molar-refractivity contribution is 0.122. The Morgan fingerprint density at radius 2 is 2.38 bits per heavy atom. The Bertz CT molecular complexity index is 223. The number of nitrogens with one attached hydrogen (secondary N) is 2. The van der Waals surface area contributed by atoms with E-state index in [0.29, 0.717) is 19.3 Å². The molecule has 2 fully saturated rings. The summed E-state index contributed by atoms with van der Waals surface area (Å²) in [5.74, 6) is 0. The van der Waals surface area contributed by atoms with E-state index >= 15 is 0 Å². The third kappa shape index (κ3) is 3.64. The van der Waals surface area contributed by atoms with Crippen LogP contribution in [0.1, 0.15) is 25.7 Å². The van der Waals surface area contributed by atoms with E-state index in [9.17, 15) is 4.79 Å². The number of ether oxygens (including phenoxy) is 2. The maximum Gasteiger partial charge on any atom is 0.407 e. The van der Waals surface area contributed by atoms with Gasteiger partial charge in [-0.1, -0.05) is 6.42 Å². The van der Waals surface area contributed by atoms with Crippen LogP contribution >= 0.6 is 0 Å². The topological polar surface area (TPSA) is 59.6 Å². The van der Waals surface area contributed by atoms with E-state index in [1.807, 2.05) is 0 Å². The van der Waals surface area contributed by atoms with Crippen LogP contribution in [0.15, 0.2) is 0 Å². The second kappa shape index (κ2) is 6.06. The van der Waals surface area contributed by atoms with Gasteiger partial charge in [-0.2, -0.15) is 0 Å². The molecular formula is C11H20N2O3. The van der Waals surface area contributed by atoms with Gasteiger partial charge in [0, 0.05) is 12.6 Å². The van der Waals surface area contributed by atoms with E-state index in [2.05, 4.69) is 10.6 Å². The average molecular weight is 228 g/mol. The fourth-order valence-electron chi connectivity index (χ4n) is 2.10. The van der Waals surface area contributed by atoms with Crippen molar-refractivity contribution in [1.82, 2.24) is 10.6 Å². The zero-order valence-electron chi connectivity index (χ0n) is 9.54. The summed E-state index contributed by atoms with van der Waals surface area (Å²) >= 11 is 0. The van der Waals surface area contributed by atoms with E-state index in [1.54, 1.807) is 0 Å². The van der Waals surface area contributed by atoms with Crippen molar-refractivity contribution in [1.29, 1.82) is 0 Å². The molecule has 2 aliphatic rings. The first kappa shape index (κ1) is 11.7. The molecule has 2 heterocycles. The first-order valence-corrected chi connectivity index (χ1v) is 6.09. The molecule has 0 aromatic carbocycles. The number of carbonyl (C=O) groups excluding carboxylic acids is 1. The third-order valence-electron chi connectivity index (χ3n) is 3.08. The zero-order chi connectivity index (χ0) is 11.2. The molecule has 2 aliphatic heterocycles. The lowest BCUT2D eigenvalue weighted by atomic mass is 10.1. The van der Waals surface area contributed by atoms with Crippen molar-refractivity contribution in [3.8, 4) is 0 Å². The summed E-state index contributed by atoms with van der Waals surface area (Å²) in [7, 11) is 0. The molecular weight excluding hydrogens is 208 g/mol. The van der Waals surface area contributed by atoms with Crippen LogP contribution in [0.25, 0.3) is 0 Å². The van der Waals surface area contributed by atoms with Crippen molar-refractivity contribution in [2.75, 3.05) is 26.4 Å². The van der Waals surface area contributed by atoms with Crippen LogP contribution < -0.4 is 10.6 Å². The van der Waals surface area contributed by atoms with Gasteiger partial charge in [-0.3, -0.25) is 0 Å². The third-order valence-corrected chi connectivity index (χ3v) is 3.08. The number of hydrogen-bond acceptors (Lipinski definition) is 4. The van der Waals surface area contributed by atoms with Gasteiger partial charge in [0.1, 0.15) is 6.61 Å². The molecule has 1 amide bonds. The lowest BCUT2D eigenvalue weighted by Crippen LogP contribution is -2.41. The highest BCUT2D eigenvalue weighted by Gasteiger charge is 2.19. The number of rotatable bonds is 3. The van der Waals surface area contributed by atoms with Gasteiger partial charge in [0.15, 0.2) is 0 Å². The number of alkyl carbamates (subject to hydrolysis) is 1. The van der Waals surface area contributed by atoms with Gasteiger partial charge in [0.05, 0.1) is 12.6 Å². The number of carbonyl (C=O) groups is 1. The highest BCUT2D eigenvalue weighted by molar-refractivity contribution is 5.67. The summed E-state index contributed by atoms with van der Waals surface area (Å²) in [5, 5.41) is 6.14. The molecule has 2 atom stereocenters. The Labute approximate surface area is 95.9 Å². The van der Waals surface area contributed by atoms with Gasteiger partial charge in [0.25, 0.3) is 0 Å². The SMILES string of the molecule is O=C(N[C@H]1CCOC1)OC[C@@H]1CCCCN1. The van der Waals surface area contributed by atoms with Gasteiger partial charge in [-0.05, 0) is 25.8 Å². The molecule has 0 bridgehead atoms. The number of hydrogen-bond donors (Lipinski definition) is 2. The molecule has 0 radical (unpaired) electrons. The second-order valence-corrected chi connectivity index (χ2v) is 4.45. The first-order valence-electron chi connectivity index (χ1n) is 6.09. The summed E-state index contributed by atoms with van der Waals surface area (Å²) in [6, 6.07) is 0.464. The van der Waals surface area contributed by atoms with Crippen molar-refractivity contribution in [2.24, 2.45) is 0 Å². The van der Waals surface area contributed by atoms with Crippen LogP contribution in [-0.2, 0) is 9.47 Å². The summed E-state index contributed by atoms with van der Waals surface area (Å²) in [6.45, 7) is 2.84. The highest BCUT2D eigenvalue weighted by atomic mass is 16.5. The summed E-state index contributed by atoms with van der Waals surface area (Å²) in [6.07, 6.45) is 4.11. The largest absolute Gasteiger partial charge is 0.448 e. The normalized spacial score (nSPS) is 30.0. The van der Waals surface area contributed by atoms with Gasteiger partial charge >= 0.3 is 6.09 Å². The van der Waals surface area contributed by atoms with Crippen LogP contribution in [0.3, 0.4) is 0 Å². The molecule has 2 saturated heterocycles. The summed E-state index contributed by atoms with van der Waals surface area (Å²) in [4.78, 5) is 11.4. The summed E-state index contributed by atoms with van der Waals surface area (Å²) < 4.78 is 10.3. The smallest absolute Gasteiger partial charge is 0.407 e. The quantitative estimate of drug-likeness (QED) is 0.744. The zero-order valence-corrected chi connectivity index (χ0v) is 9.54. The van der Waals surface area contributed by atoms with Crippen molar-refractivity contribution in [3.63, 3.8) is 0 Å². The Kier molecular flexibility index (Phi) is 4.42. The predicted molar refractivity (Wildman–Crippen MR) is 59.3 cm³/mol. The molecule has 0 aromatic heterocycles. The Morgan fingerprint density at radius 1 is 1.44 bits per heavy atom. The van der Waals surface area contributed by atoms with Crippen molar-refractivity contribution in [3.05, 3.63) is 0 Å². The fourth-order valence-corrected chi connectivity index (χ4v) is 2.10. The molecule has 0 aromatic rings. The maximum atomic E-state index is 11.4. The highest BCUT2D eigenvalue weighted by Crippen LogP contribution is 2.07. The minimum absolute atomic E-state index is 0.131. The minimum Gasteiger partial charge on any atom is -0.448 e. The van der Waals surface area contributed by atoms with E-state index in [-0.39, 0.29) is 12.1 Å². The van der Waals surface area contributed by atoms with Crippen LogP contribution in [0, 0.1) is 0 Å². The molecule has 0 aliphatic carbocycles. The molecule has 92 valence electrons. The van der Waals surface area contributed by atoms with Crippen molar-refractivity contribution < 1.29 is 14.3 Å². The monoisotopic (exact) mass is 228 g/mol.